The SMILES string of the molecule is COc1ccc(C2(C(=O)N3CCc4nnc(C(NS(C)(=O)=O)C(C)C)n4CC3)CCCC2)cc1. The highest BCUT2D eigenvalue weighted by Gasteiger charge is 2.45. The molecule has 1 saturated carbocycles. The third kappa shape index (κ3) is 4.84. The molecule has 1 N–H and O–H groups in total. The number of benzene rings is 1. The van der Waals surface area contributed by atoms with Crippen LogP contribution in [0.4, 0.5) is 0 Å². The summed E-state index contributed by atoms with van der Waals surface area (Å²) in [7, 11) is -1.77. The lowest BCUT2D eigenvalue weighted by atomic mass is 9.77. The Labute approximate surface area is 201 Å². The maximum atomic E-state index is 14.0. The predicted molar refractivity (Wildman–Crippen MR) is 129 cm³/mol. The Bertz CT molecular complexity index is 1120. The molecule has 0 spiro atoms. The van der Waals surface area contributed by atoms with Crippen LogP contribution in [0.15, 0.2) is 24.3 Å². The first kappa shape index (κ1) is 24.7. The Kier molecular flexibility index (Phi) is 7.00. The van der Waals surface area contributed by atoms with Gasteiger partial charge in [0.1, 0.15) is 11.6 Å². The Morgan fingerprint density at radius 2 is 1.76 bits per heavy atom. The quantitative estimate of drug-likeness (QED) is 0.640. The predicted octanol–water partition coefficient (Wildman–Crippen LogP) is 2.43. The summed E-state index contributed by atoms with van der Waals surface area (Å²) in [5.41, 5.74) is 0.551. The molecule has 1 aliphatic heterocycles. The highest BCUT2D eigenvalue weighted by molar-refractivity contribution is 7.88. The molecule has 1 atom stereocenters. The Morgan fingerprint density at radius 3 is 2.35 bits per heavy atom. The van der Waals surface area contributed by atoms with Crippen molar-refractivity contribution in [1.29, 1.82) is 0 Å². The number of methoxy groups -OCH3 is 1. The van der Waals surface area contributed by atoms with Crippen LogP contribution in [0, 0.1) is 5.92 Å². The minimum atomic E-state index is -3.41. The summed E-state index contributed by atoms with van der Waals surface area (Å²) in [5, 5.41) is 8.70. The first-order valence-electron chi connectivity index (χ1n) is 12.0. The molecule has 10 heteroatoms. The molecule has 1 unspecified atom stereocenters. The molecule has 1 fully saturated rings. The van der Waals surface area contributed by atoms with Crippen LogP contribution in [0.1, 0.15) is 62.8 Å². The van der Waals surface area contributed by atoms with Gasteiger partial charge in [0, 0.05) is 26.1 Å². The normalized spacial score (nSPS) is 19.0. The lowest BCUT2D eigenvalue weighted by molar-refractivity contribution is -0.137. The van der Waals surface area contributed by atoms with Crippen LogP contribution in [0.3, 0.4) is 0 Å². The highest BCUT2D eigenvalue weighted by atomic mass is 32.2. The third-order valence-electron chi connectivity index (χ3n) is 7.14. The van der Waals surface area contributed by atoms with Gasteiger partial charge in [-0.15, -0.1) is 10.2 Å². The van der Waals surface area contributed by atoms with Crippen LogP contribution in [0.25, 0.3) is 0 Å². The fourth-order valence-corrected chi connectivity index (χ4v) is 6.15. The average molecular weight is 490 g/mol. The summed E-state index contributed by atoms with van der Waals surface area (Å²) in [6.45, 7) is 5.56. The van der Waals surface area contributed by atoms with E-state index in [9.17, 15) is 13.2 Å². The monoisotopic (exact) mass is 489 g/mol. The number of hydrogen-bond acceptors (Lipinski definition) is 6. The Balaban J connectivity index is 1.57. The zero-order chi connectivity index (χ0) is 24.5. The maximum absolute atomic E-state index is 14.0. The second kappa shape index (κ2) is 9.65. The average Bonchev–Trinajstić information content (AvgIpc) is 3.40. The van der Waals surface area contributed by atoms with E-state index in [1.807, 2.05) is 47.6 Å². The lowest BCUT2D eigenvalue weighted by Gasteiger charge is -2.34. The molecule has 1 aliphatic carbocycles. The van der Waals surface area contributed by atoms with Crippen molar-refractivity contribution in [3.05, 3.63) is 41.5 Å². The lowest BCUT2D eigenvalue weighted by Crippen LogP contribution is -2.46. The van der Waals surface area contributed by atoms with Gasteiger partial charge in [0.2, 0.25) is 15.9 Å². The van der Waals surface area contributed by atoms with Gasteiger partial charge in [0.05, 0.1) is 24.8 Å². The maximum Gasteiger partial charge on any atom is 0.233 e. The molecular formula is C24H35N5O4S. The molecule has 186 valence electrons. The van der Waals surface area contributed by atoms with Crippen molar-refractivity contribution in [3.63, 3.8) is 0 Å². The van der Waals surface area contributed by atoms with Gasteiger partial charge in [0.25, 0.3) is 0 Å². The number of carbonyl (C=O) groups is 1. The van der Waals surface area contributed by atoms with Crippen molar-refractivity contribution in [2.75, 3.05) is 26.5 Å². The number of nitrogens with zero attached hydrogens (tertiary/aromatic N) is 4. The third-order valence-corrected chi connectivity index (χ3v) is 7.82. The standard InChI is InChI=1S/C24H35N5O4S/c1-17(2)21(27-34(4,31)32)22-26-25-20-11-14-28(15-16-29(20)22)23(30)24(12-5-6-13-24)18-7-9-19(33-3)10-8-18/h7-10,17,21,27H,5-6,11-16H2,1-4H3. The Hall–Kier alpha value is -2.46. The molecule has 9 nitrogen and oxygen atoms in total. The van der Waals surface area contributed by atoms with Gasteiger partial charge in [0.15, 0.2) is 5.82 Å². The molecular weight excluding hydrogens is 454 g/mol. The van der Waals surface area contributed by atoms with Gasteiger partial charge in [-0.05, 0) is 36.5 Å². The van der Waals surface area contributed by atoms with E-state index in [0.717, 1.165) is 49.1 Å². The van der Waals surface area contributed by atoms with Crippen LogP contribution in [0.5, 0.6) is 5.75 Å². The fraction of sp³-hybridized carbons (Fsp3) is 0.625. The molecule has 2 aliphatic rings. The van der Waals surface area contributed by atoms with E-state index < -0.39 is 21.5 Å². The van der Waals surface area contributed by atoms with Gasteiger partial charge >= 0.3 is 0 Å². The molecule has 2 aromatic rings. The van der Waals surface area contributed by atoms with Crippen molar-refractivity contribution in [1.82, 2.24) is 24.4 Å². The molecule has 4 rings (SSSR count). The fourth-order valence-electron chi connectivity index (χ4n) is 5.31. The number of ether oxygens (including phenoxy) is 1. The van der Waals surface area contributed by atoms with Gasteiger partial charge < -0.3 is 14.2 Å². The summed E-state index contributed by atoms with van der Waals surface area (Å²) in [4.78, 5) is 15.9. The summed E-state index contributed by atoms with van der Waals surface area (Å²) in [5.74, 6) is 2.35. The first-order chi connectivity index (χ1) is 16.1. The van der Waals surface area contributed by atoms with Gasteiger partial charge in [-0.1, -0.05) is 38.8 Å². The number of amides is 1. The molecule has 0 bridgehead atoms. The van der Waals surface area contributed by atoms with Gasteiger partial charge in [-0.3, -0.25) is 4.79 Å². The number of carbonyl (C=O) groups excluding carboxylic acids is 1. The highest BCUT2D eigenvalue weighted by Crippen LogP contribution is 2.43. The van der Waals surface area contributed by atoms with E-state index in [2.05, 4.69) is 14.9 Å². The molecule has 1 aromatic heterocycles. The first-order valence-corrected chi connectivity index (χ1v) is 13.9. The zero-order valence-corrected chi connectivity index (χ0v) is 21.3. The van der Waals surface area contributed by atoms with Crippen molar-refractivity contribution in [2.45, 2.75) is 64.0 Å². The van der Waals surface area contributed by atoms with E-state index >= 15 is 0 Å². The zero-order valence-electron chi connectivity index (χ0n) is 20.5. The molecule has 0 radical (unpaired) electrons. The van der Waals surface area contributed by atoms with E-state index in [-0.39, 0.29) is 11.8 Å². The summed E-state index contributed by atoms with van der Waals surface area (Å²) >= 11 is 0. The van der Waals surface area contributed by atoms with Gasteiger partial charge in [-0.25, -0.2) is 13.1 Å². The molecule has 2 heterocycles. The summed E-state index contributed by atoms with van der Waals surface area (Å²) in [6, 6.07) is 7.44. The molecule has 0 saturated heterocycles. The van der Waals surface area contributed by atoms with Crippen LogP contribution in [-0.2, 0) is 33.2 Å². The van der Waals surface area contributed by atoms with Gasteiger partial charge in [-0.2, -0.15) is 0 Å². The number of sulfonamides is 1. The molecule has 1 amide bonds. The van der Waals surface area contributed by atoms with E-state index in [1.54, 1.807) is 7.11 Å². The minimum Gasteiger partial charge on any atom is -0.497 e. The number of rotatable bonds is 7. The summed E-state index contributed by atoms with van der Waals surface area (Å²) < 4.78 is 33.9. The Morgan fingerprint density at radius 1 is 1.09 bits per heavy atom. The summed E-state index contributed by atoms with van der Waals surface area (Å²) in [6.07, 6.45) is 5.51. The van der Waals surface area contributed by atoms with Crippen molar-refractivity contribution >= 4 is 15.9 Å². The minimum absolute atomic E-state index is 0.000781. The van der Waals surface area contributed by atoms with Crippen LogP contribution < -0.4 is 9.46 Å². The van der Waals surface area contributed by atoms with Crippen molar-refractivity contribution in [2.24, 2.45) is 5.92 Å². The number of nitrogens with one attached hydrogen (secondary N) is 1. The smallest absolute Gasteiger partial charge is 0.233 e. The number of aromatic nitrogens is 3. The van der Waals surface area contributed by atoms with Crippen LogP contribution in [-0.4, -0.2) is 60.4 Å². The molecule has 34 heavy (non-hydrogen) atoms. The van der Waals surface area contributed by atoms with Crippen LogP contribution in [0.2, 0.25) is 0 Å². The van der Waals surface area contributed by atoms with E-state index in [4.69, 9.17) is 4.74 Å². The van der Waals surface area contributed by atoms with Crippen molar-refractivity contribution in [3.8, 4) is 5.75 Å². The van der Waals surface area contributed by atoms with E-state index in [1.165, 1.54) is 0 Å². The topological polar surface area (TPSA) is 106 Å². The van der Waals surface area contributed by atoms with E-state index in [0.29, 0.717) is 31.9 Å². The molecule has 1 aromatic carbocycles. The van der Waals surface area contributed by atoms with Crippen molar-refractivity contribution < 1.29 is 17.9 Å². The number of fused-ring (bicyclic) bond motifs is 1. The largest absolute Gasteiger partial charge is 0.497 e. The van der Waals surface area contributed by atoms with Crippen LogP contribution >= 0.6 is 0 Å². The second-order valence-electron chi connectivity index (χ2n) is 9.80. The second-order valence-corrected chi connectivity index (χ2v) is 11.6. The number of hydrogen-bond donors (Lipinski definition) is 1.